The number of carbonyl (C=O) groups is 1. The van der Waals surface area contributed by atoms with Crippen molar-refractivity contribution in [3.05, 3.63) is 68.7 Å². The van der Waals surface area contributed by atoms with Crippen molar-refractivity contribution in [2.45, 2.75) is 25.8 Å². The van der Waals surface area contributed by atoms with E-state index in [2.05, 4.69) is 11.0 Å². The SMILES string of the molecule is CN(Cc1ccccc1N1CCCCC1)C(=O)c1ccc(Cl)cc1[N+](=O)[O-]. The highest BCUT2D eigenvalue weighted by Gasteiger charge is 2.24. The number of halogens is 1. The summed E-state index contributed by atoms with van der Waals surface area (Å²) in [7, 11) is 1.66. The third kappa shape index (κ3) is 4.39. The van der Waals surface area contributed by atoms with Gasteiger partial charge in [-0.05, 0) is 43.0 Å². The number of nitro benzene ring substituents is 1. The number of hydrogen-bond donors (Lipinski definition) is 0. The van der Waals surface area contributed by atoms with Gasteiger partial charge in [0.2, 0.25) is 0 Å². The molecule has 1 aliphatic rings. The zero-order valence-corrected chi connectivity index (χ0v) is 16.0. The first-order valence-electron chi connectivity index (χ1n) is 8.99. The van der Waals surface area contributed by atoms with Crippen molar-refractivity contribution < 1.29 is 9.72 Å². The van der Waals surface area contributed by atoms with Crippen molar-refractivity contribution >= 4 is 28.9 Å². The van der Waals surface area contributed by atoms with E-state index >= 15 is 0 Å². The zero-order valence-electron chi connectivity index (χ0n) is 15.2. The Labute approximate surface area is 163 Å². The van der Waals surface area contributed by atoms with Crippen molar-refractivity contribution in [1.29, 1.82) is 0 Å². The third-order valence-electron chi connectivity index (χ3n) is 4.83. The first-order chi connectivity index (χ1) is 13.0. The van der Waals surface area contributed by atoms with Crippen molar-refractivity contribution in [3.8, 4) is 0 Å². The van der Waals surface area contributed by atoms with Gasteiger partial charge in [0.05, 0.1) is 4.92 Å². The molecule has 1 amide bonds. The van der Waals surface area contributed by atoms with Gasteiger partial charge in [-0.1, -0.05) is 29.8 Å². The molecule has 0 spiro atoms. The van der Waals surface area contributed by atoms with Crippen LogP contribution in [0.1, 0.15) is 35.2 Å². The van der Waals surface area contributed by atoms with E-state index in [4.69, 9.17) is 11.6 Å². The molecule has 0 N–H and O–H groups in total. The Bertz CT molecular complexity index is 850. The standard InChI is InChI=1S/C20H22ClN3O3/c1-22(20(25)17-10-9-16(21)13-19(17)24(26)27)14-15-7-3-4-8-18(15)23-11-5-2-6-12-23/h3-4,7-10,13H,2,5-6,11-12,14H2,1H3. The fraction of sp³-hybridized carbons (Fsp3) is 0.350. The van der Waals surface area contributed by atoms with E-state index in [0.29, 0.717) is 6.54 Å². The first kappa shape index (κ1) is 19.2. The van der Waals surface area contributed by atoms with Crippen LogP contribution in [0.5, 0.6) is 0 Å². The number of rotatable bonds is 5. The van der Waals surface area contributed by atoms with Crippen LogP contribution in [0.4, 0.5) is 11.4 Å². The number of amides is 1. The molecule has 1 aliphatic heterocycles. The number of carbonyl (C=O) groups excluding carboxylic acids is 1. The van der Waals surface area contributed by atoms with Gasteiger partial charge in [0.15, 0.2) is 0 Å². The number of nitrogens with zero attached hydrogens (tertiary/aromatic N) is 3. The summed E-state index contributed by atoms with van der Waals surface area (Å²) in [5, 5.41) is 11.5. The molecule has 142 valence electrons. The van der Waals surface area contributed by atoms with E-state index in [1.54, 1.807) is 7.05 Å². The molecule has 0 unspecified atom stereocenters. The van der Waals surface area contributed by atoms with Crippen LogP contribution in [0.15, 0.2) is 42.5 Å². The lowest BCUT2D eigenvalue weighted by Gasteiger charge is -2.31. The number of nitro groups is 1. The second kappa shape index (κ2) is 8.39. The minimum Gasteiger partial charge on any atom is -0.371 e. The van der Waals surface area contributed by atoms with Gasteiger partial charge in [0, 0.05) is 43.5 Å². The summed E-state index contributed by atoms with van der Waals surface area (Å²) < 4.78 is 0. The quantitative estimate of drug-likeness (QED) is 0.559. The molecule has 0 saturated carbocycles. The highest BCUT2D eigenvalue weighted by molar-refractivity contribution is 6.31. The highest BCUT2D eigenvalue weighted by atomic mass is 35.5. The Balaban J connectivity index is 1.83. The lowest BCUT2D eigenvalue weighted by molar-refractivity contribution is -0.385. The van der Waals surface area contributed by atoms with E-state index in [-0.39, 0.29) is 16.3 Å². The van der Waals surface area contributed by atoms with Gasteiger partial charge >= 0.3 is 0 Å². The topological polar surface area (TPSA) is 66.7 Å². The molecule has 2 aromatic rings. The Hall–Kier alpha value is -2.60. The minimum atomic E-state index is -0.575. The molecule has 0 bridgehead atoms. The van der Waals surface area contributed by atoms with E-state index in [1.807, 2.05) is 18.2 Å². The van der Waals surface area contributed by atoms with Crippen LogP contribution in [0.25, 0.3) is 0 Å². The zero-order chi connectivity index (χ0) is 19.4. The Kier molecular flexibility index (Phi) is 5.96. The van der Waals surface area contributed by atoms with Crippen LogP contribution in [-0.4, -0.2) is 35.9 Å². The fourth-order valence-corrected chi connectivity index (χ4v) is 3.62. The summed E-state index contributed by atoms with van der Waals surface area (Å²) in [5.41, 5.74) is 1.93. The lowest BCUT2D eigenvalue weighted by atomic mass is 10.1. The van der Waals surface area contributed by atoms with Crippen LogP contribution in [0, 0.1) is 10.1 Å². The number of hydrogen-bond acceptors (Lipinski definition) is 4. The van der Waals surface area contributed by atoms with E-state index in [9.17, 15) is 14.9 Å². The van der Waals surface area contributed by atoms with Crippen molar-refractivity contribution in [3.63, 3.8) is 0 Å². The molecule has 1 saturated heterocycles. The van der Waals surface area contributed by atoms with Gasteiger partial charge in [0.25, 0.3) is 11.6 Å². The monoisotopic (exact) mass is 387 g/mol. The second-order valence-corrected chi connectivity index (χ2v) is 7.19. The smallest absolute Gasteiger partial charge is 0.283 e. The van der Waals surface area contributed by atoms with Gasteiger partial charge in [-0.2, -0.15) is 0 Å². The minimum absolute atomic E-state index is 0.0438. The van der Waals surface area contributed by atoms with Crippen LogP contribution in [-0.2, 0) is 6.54 Å². The molecule has 27 heavy (non-hydrogen) atoms. The molecule has 2 aromatic carbocycles. The highest BCUT2D eigenvalue weighted by Crippen LogP contribution is 2.27. The van der Waals surface area contributed by atoms with Gasteiger partial charge in [-0.15, -0.1) is 0 Å². The fourth-order valence-electron chi connectivity index (χ4n) is 3.46. The van der Waals surface area contributed by atoms with Crippen LogP contribution < -0.4 is 4.90 Å². The van der Waals surface area contributed by atoms with Crippen LogP contribution in [0.2, 0.25) is 5.02 Å². The molecule has 0 radical (unpaired) electrons. The summed E-state index contributed by atoms with van der Waals surface area (Å²) in [6.45, 7) is 2.40. The average molecular weight is 388 g/mol. The molecule has 0 atom stereocenters. The second-order valence-electron chi connectivity index (χ2n) is 6.76. The maximum atomic E-state index is 12.8. The number of para-hydroxylation sites is 1. The van der Waals surface area contributed by atoms with E-state index in [0.717, 1.165) is 24.3 Å². The van der Waals surface area contributed by atoms with Gasteiger partial charge in [-0.3, -0.25) is 14.9 Å². The predicted octanol–water partition coefficient (Wildman–Crippen LogP) is 4.51. The number of benzene rings is 2. The van der Waals surface area contributed by atoms with E-state index in [1.165, 1.54) is 42.4 Å². The Morgan fingerprint density at radius 3 is 2.59 bits per heavy atom. The summed E-state index contributed by atoms with van der Waals surface area (Å²) in [6.07, 6.45) is 3.58. The summed E-state index contributed by atoms with van der Waals surface area (Å²) in [4.78, 5) is 27.4. The molecule has 0 aromatic heterocycles. The van der Waals surface area contributed by atoms with E-state index < -0.39 is 10.8 Å². The van der Waals surface area contributed by atoms with Crippen molar-refractivity contribution in [2.24, 2.45) is 0 Å². The first-order valence-corrected chi connectivity index (χ1v) is 9.37. The molecular formula is C20H22ClN3O3. The molecule has 6 nitrogen and oxygen atoms in total. The third-order valence-corrected chi connectivity index (χ3v) is 5.06. The van der Waals surface area contributed by atoms with Gasteiger partial charge in [-0.25, -0.2) is 0 Å². The molecule has 1 fully saturated rings. The molecular weight excluding hydrogens is 366 g/mol. The average Bonchev–Trinajstić information content (AvgIpc) is 2.68. The maximum absolute atomic E-state index is 12.8. The summed E-state index contributed by atoms with van der Waals surface area (Å²) >= 11 is 5.85. The lowest BCUT2D eigenvalue weighted by Crippen LogP contribution is -2.32. The molecule has 1 heterocycles. The molecule has 7 heteroatoms. The van der Waals surface area contributed by atoms with Crippen molar-refractivity contribution in [2.75, 3.05) is 25.0 Å². The molecule has 0 aliphatic carbocycles. The summed E-state index contributed by atoms with van der Waals surface area (Å²) in [5.74, 6) is -0.396. The van der Waals surface area contributed by atoms with Crippen LogP contribution >= 0.6 is 11.6 Å². The van der Waals surface area contributed by atoms with Gasteiger partial charge < -0.3 is 9.80 Å². The Morgan fingerprint density at radius 2 is 1.89 bits per heavy atom. The number of piperidine rings is 1. The normalized spacial score (nSPS) is 14.1. The number of anilines is 1. The Morgan fingerprint density at radius 1 is 1.19 bits per heavy atom. The predicted molar refractivity (Wildman–Crippen MR) is 106 cm³/mol. The largest absolute Gasteiger partial charge is 0.371 e. The maximum Gasteiger partial charge on any atom is 0.283 e. The van der Waals surface area contributed by atoms with Crippen LogP contribution in [0.3, 0.4) is 0 Å². The van der Waals surface area contributed by atoms with Gasteiger partial charge in [0.1, 0.15) is 5.56 Å². The molecule has 3 rings (SSSR count). The van der Waals surface area contributed by atoms with Crippen molar-refractivity contribution in [1.82, 2.24) is 4.90 Å². The summed E-state index contributed by atoms with van der Waals surface area (Å²) in [6, 6.07) is 12.1.